The largest absolute Gasteiger partial charge is 0.507 e. The summed E-state index contributed by atoms with van der Waals surface area (Å²) in [4.78, 5) is 19.9. The van der Waals surface area contributed by atoms with Crippen molar-refractivity contribution in [2.45, 2.75) is 13.8 Å². The molecule has 0 aliphatic carbocycles. The molecule has 4 rings (SSSR count). The van der Waals surface area contributed by atoms with Crippen molar-refractivity contribution in [1.82, 2.24) is 4.98 Å². The van der Waals surface area contributed by atoms with Crippen molar-refractivity contribution in [1.29, 1.82) is 0 Å². The van der Waals surface area contributed by atoms with E-state index in [0.29, 0.717) is 17.1 Å². The number of phenolic OH excluding ortho intramolecular Hbond substituents is 1. The molecule has 0 fully saturated rings. The molecule has 144 valence electrons. The monoisotopic (exact) mass is 386 g/mol. The van der Waals surface area contributed by atoms with Gasteiger partial charge in [-0.25, -0.2) is 9.78 Å². The molecule has 0 unspecified atom stereocenters. The third-order valence-corrected chi connectivity index (χ3v) is 4.75. The first kappa shape index (κ1) is 18.4. The van der Waals surface area contributed by atoms with Crippen molar-refractivity contribution in [3.05, 3.63) is 76.9 Å². The summed E-state index contributed by atoms with van der Waals surface area (Å²) in [6.07, 6.45) is 1.43. The molecule has 6 heteroatoms. The summed E-state index contributed by atoms with van der Waals surface area (Å²) in [6.45, 7) is 4.08. The first-order valence-corrected chi connectivity index (χ1v) is 8.99. The molecular weight excluding hydrogens is 368 g/mol. The number of aliphatic imine (C=N–C) groups is 1. The molecule has 4 aromatic rings. The van der Waals surface area contributed by atoms with E-state index in [1.54, 1.807) is 12.1 Å². The molecule has 3 aromatic carbocycles. The van der Waals surface area contributed by atoms with Crippen molar-refractivity contribution in [2.24, 2.45) is 4.99 Å². The molecule has 0 spiro atoms. The van der Waals surface area contributed by atoms with E-state index >= 15 is 0 Å². The first-order valence-electron chi connectivity index (χ1n) is 8.99. The minimum Gasteiger partial charge on any atom is -0.507 e. The second-order valence-corrected chi connectivity index (χ2v) is 6.81. The van der Waals surface area contributed by atoms with Crippen molar-refractivity contribution < 1.29 is 19.4 Å². The number of aromatic carboxylic acids is 1. The third-order valence-electron chi connectivity index (χ3n) is 4.75. The van der Waals surface area contributed by atoms with Crippen molar-refractivity contribution in [3.8, 4) is 17.2 Å². The lowest BCUT2D eigenvalue weighted by Crippen LogP contribution is -1.97. The minimum atomic E-state index is -1.06. The van der Waals surface area contributed by atoms with Gasteiger partial charge in [-0.1, -0.05) is 0 Å². The first-order chi connectivity index (χ1) is 13.9. The van der Waals surface area contributed by atoms with Gasteiger partial charge in [0, 0.05) is 17.3 Å². The Morgan fingerprint density at radius 1 is 1.03 bits per heavy atom. The average Bonchev–Trinajstić information content (AvgIpc) is 3.10. The molecule has 6 nitrogen and oxygen atoms in total. The summed E-state index contributed by atoms with van der Waals surface area (Å²) >= 11 is 0. The molecule has 0 aliphatic rings. The van der Waals surface area contributed by atoms with Gasteiger partial charge in [-0.3, -0.25) is 4.99 Å². The summed E-state index contributed by atoms with van der Waals surface area (Å²) in [6, 6.07) is 15.3. The topological polar surface area (TPSA) is 95.9 Å². The summed E-state index contributed by atoms with van der Waals surface area (Å²) in [5.41, 5.74) is 5.78. The zero-order valence-electron chi connectivity index (χ0n) is 15.9. The van der Waals surface area contributed by atoms with Crippen LogP contribution >= 0.6 is 0 Å². The van der Waals surface area contributed by atoms with Crippen LogP contribution in [-0.2, 0) is 0 Å². The molecule has 2 N–H and O–H groups in total. The highest BCUT2D eigenvalue weighted by molar-refractivity contribution is 5.93. The number of aryl methyl sites for hydroxylation is 2. The summed E-state index contributed by atoms with van der Waals surface area (Å²) < 4.78 is 5.87. The third kappa shape index (κ3) is 3.73. The minimum absolute atomic E-state index is 0.0348. The van der Waals surface area contributed by atoms with E-state index in [-0.39, 0.29) is 11.3 Å². The molecular formula is C23H18N2O4. The van der Waals surface area contributed by atoms with E-state index in [9.17, 15) is 9.90 Å². The van der Waals surface area contributed by atoms with Gasteiger partial charge >= 0.3 is 5.97 Å². The fourth-order valence-corrected chi connectivity index (χ4v) is 2.93. The molecule has 1 aromatic heterocycles. The maximum atomic E-state index is 11.1. The Bertz CT molecular complexity index is 1220. The second kappa shape index (κ2) is 7.24. The molecule has 0 aliphatic heterocycles. The normalized spacial score (nSPS) is 11.4. The zero-order valence-corrected chi connectivity index (χ0v) is 15.9. The molecule has 0 saturated carbocycles. The van der Waals surface area contributed by atoms with Gasteiger partial charge in [0.15, 0.2) is 5.58 Å². The maximum absolute atomic E-state index is 11.1. The number of fused-ring (bicyclic) bond motifs is 1. The van der Waals surface area contributed by atoms with E-state index in [1.165, 1.54) is 24.4 Å². The SMILES string of the molecule is Cc1cc2nc(-c3ccc(N=Cc4cc(C(=O)O)ccc4O)cc3)oc2cc1C. The standard InChI is InChI=1S/C23H18N2O4/c1-13-9-19-21(10-14(13)2)29-22(25-19)15-3-6-18(7-4-15)24-12-17-11-16(23(27)28)5-8-20(17)26/h3-12,26H,1-2H3,(H,27,28). The van der Waals surface area contributed by atoms with Gasteiger partial charge in [0.05, 0.1) is 11.3 Å². The number of aromatic hydroxyl groups is 1. The summed E-state index contributed by atoms with van der Waals surface area (Å²) in [7, 11) is 0. The fourth-order valence-electron chi connectivity index (χ4n) is 2.93. The number of hydrogen-bond donors (Lipinski definition) is 2. The Kier molecular flexibility index (Phi) is 4.60. The van der Waals surface area contributed by atoms with E-state index < -0.39 is 5.97 Å². The van der Waals surface area contributed by atoms with Crippen molar-refractivity contribution >= 4 is 29.0 Å². The van der Waals surface area contributed by atoms with Crippen LogP contribution in [0.3, 0.4) is 0 Å². The van der Waals surface area contributed by atoms with Crippen molar-refractivity contribution in [3.63, 3.8) is 0 Å². The van der Waals surface area contributed by atoms with Gasteiger partial charge < -0.3 is 14.6 Å². The number of benzene rings is 3. The molecule has 0 radical (unpaired) electrons. The Morgan fingerprint density at radius 3 is 2.48 bits per heavy atom. The van der Waals surface area contributed by atoms with E-state index in [0.717, 1.165) is 27.8 Å². The van der Waals surface area contributed by atoms with Gasteiger partial charge in [-0.15, -0.1) is 0 Å². The van der Waals surface area contributed by atoms with Crippen LogP contribution in [0.5, 0.6) is 5.75 Å². The van der Waals surface area contributed by atoms with E-state index in [1.807, 2.05) is 38.1 Å². The van der Waals surface area contributed by atoms with Crippen LogP contribution in [0.4, 0.5) is 5.69 Å². The van der Waals surface area contributed by atoms with Gasteiger partial charge in [0.25, 0.3) is 0 Å². The lowest BCUT2D eigenvalue weighted by atomic mass is 10.1. The van der Waals surface area contributed by atoms with Crippen LogP contribution in [0.25, 0.3) is 22.6 Å². The molecule has 29 heavy (non-hydrogen) atoms. The Hall–Kier alpha value is -3.93. The van der Waals surface area contributed by atoms with Crippen LogP contribution in [0.1, 0.15) is 27.0 Å². The highest BCUT2D eigenvalue weighted by Crippen LogP contribution is 2.28. The van der Waals surface area contributed by atoms with Gasteiger partial charge in [0.2, 0.25) is 5.89 Å². The lowest BCUT2D eigenvalue weighted by Gasteiger charge is -2.01. The Labute approximate surface area is 166 Å². The molecule has 0 amide bonds. The number of phenols is 1. The van der Waals surface area contributed by atoms with Crippen LogP contribution in [0.2, 0.25) is 0 Å². The predicted molar refractivity (Wildman–Crippen MR) is 111 cm³/mol. The molecule has 0 atom stereocenters. The van der Waals surface area contributed by atoms with Crippen LogP contribution in [0.15, 0.2) is 64.0 Å². The quantitative estimate of drug-likeness (QED) is 0.466. The van der Waals surface area contributed by atoms with Crippen LogP contribution in [-0.4, -0.2) is 27.4 Å². The van der Waals surface area contributed by atoms with Gasteiger partial charge in [0.1, 0.15) is 11.3 Å². The number of carbonyl (C=O) groups is 1. The summed E-state index contributed by atoms with van der Waals surface area (Å²) in [5.74, 6) is -0.563. The smallest absolute Gasteiger partial charge is 0.335 e. The van der Waals surface area contributed by atoms with Gasteiger partial charge in [-0.05, 0) is 79.6 Å². The number of rotatable bonds is 4. The van der Waals surface area contributed by atoms with Crippen LogP contribution in [0, 0.1) is 13.8 Å². The second-order valence-electron chi connectivity index (χ2n) is 6.81. The van der Waals surface area contributed by atoms with E-state index in [2.05, 4.69) is 9.98 Å². The highest BCUT2D eigenvalue weighted by atomic mass is 16.4. The summed E-state index contributed by atoms with van der Waals surface area (Å²) in [5, 5.41) is 19.0. The predicted octanol–water partition coefficient (Wildman–Crippen LogP) is 5.27. The van der Waals surface area contributed by atoms with Gasteiger partial charge in [-0.2, -0.15) is 0 Å². The number of oxazole rings is 1. The zero-order chi connectivity index (χ0) is 20.5. The average molecular weight is 386 g/mol. The Morgan fingerprint density at radius 2 is 1.76 bits per heavy atom. The molecule has 0 saturated heterocycles. The van der Waals surface area contributed by atoms with Crippen LogP contribution < -0.4 is 0 Å². The molecule has 0 bridgehead atoms. The Balaban J connectivity index is 1.59. The number of carboxylic acid groups (broad SMARTS) is 1. The number of hydrogen-bond acceptors (Lipinski definition) is 5. The lowest BCUT2D eigenvalue weighted by molar-refractivity contribution is 0.0697. The fraction of sp³-hybridized carbons (Fsp3) is 0.0870. The number of aromatic nitrogens is 1. The van der Waals surface area contributed by atoms with E-state index in [4.69, 9.17) is 9.52 Å². The highest BCUT2D eigenvalue weighted by Gasteiger charge is 2.10. The number of carboxylic acids is 1. The molecule has 1 heterocycles. The van der Waals surface area contributed by atoms with Crippen molar-refractivity contribution in [2.75, 3.05) is 0 Å². The maximum Gasteiger partial charge on any atom is 0.335 e. The number of nitrogens with zero attached hydrogens (tertiary/aromatic N) is 2.